The maximum absolute atomic E-state index is 12.9. The quantitative estimate of drug-likeness (QED) is 0.598. The number of ketones is 1. The first-order valence-corrected chi connectivity index (χ1v) is 6.73. The zero-order valence-electron chi connectivity index (χ0n) is 11.2. The van der Waals surface area contributed by atoms with Crippen LogP contribution in [0.15, 0.2) is 30.3 Å². The van der Waals surface area contributed by atoms with Gasteiger partial charge in [-0.1, -0.05) is 23.2 Å². The van der Waals surface area contributed by atoms with Crippen LogP contribution >= 0.6 is 23.2 Å². The molecule has 0 fully saturated rings. The maximum atomic E-state index is 12.9. The van der Waals surface area contributed by atoms with E-state index in [2.05, 4.69) is 5.10 Å². The Morgan fingerprint density at radius 2 is 1.82 bits per heavy atom. The molecular weight excluding hydrogens is 340 g/mol. The van der Waals surface area contributed by atoms with Crippen molar-refractivity contribution in [3.8, 4) is 0 Å². The van der Waals surface area contributed by atoms with Crippen molar-refractivity contribution in [3.05, 3.63) is 57.3 Å². The van der Waals surface area contributed by atoms with E-state index in [0.29, 0.717) is 10.6 Å². The van der Waals surface area contributed by atoms with Gasteiger partial charge in [-0.15, -0.1) is 0 Å². The van der Waals surface area contributed by atoms with Gasteiger partial charge in [0.15, 0.2) is 11.5 Å². The molecule has 1 aromatic heterocycles. The van der Waals surface area contributed by atoms with Crippen LogP contribution in [0.3, 0.4) is 0 Å². The Hall–Kier alpha value is -1.79. The molecule has 0 unspecified atom stereocenters. The number of rotatable bonds is 3. The van der Waals surface area contributed by atoms with Crippen molar-refractivity contribution in [2.75, 3.05) is 0 Å². The number of hydrogen-bond acceptors (Lipinski definition) is 2. The zero-order chi connectivity index (χ0) is 16.5. The van der Waals surface area contributed by atoms with E-state index in [9.17, 15) is 18.0 Å². The molecule has 1 aromatic carbocycles. The summed E-state index contributed by atoms with van der Waals surface area (Å²) in [5.41, 5.74) is -1.19. The molecule has 1 heterocycles. The summed E-state index contributed by atoms with van der Waals surface area (Å²) in [6.45, 7) is 0. The monoisotopic (exact) mass is 348 g/mol. The predicted octanol–water partition coefficient (Wildman–Crippen LogP) is 4.64. The van der Waals surface area contributed by atoms with E-state index in [-0.39, 0.29) is 10.7 Å². The molecule has 0 aliphatic carbocycles. The van der Waals surface area contributed by atoms with Gasteiger partial charge in [0, 0.05) is 23.2 Å². The van der Waals surface area contributed by atoms with Gasteiger partial charge in [-0.25, -0.2) is 0 Å². The molecule has 116 valence electrons. The van der Waals surface area contributed by atoms with Gasteiger partial charge in [0.25, 0.3) is 0 Å². The van der Waals surface area contributed by atoms with E-state index in [1.807, 2.05) is 0 Å². The van der Waals surface area contributed by atoms with Crippen molar-refractivity contribution in [3.63, 3.8) is 0 Å². The molecule has 0 aliphatic heterocycles. The van der Waals surface area contributed by atoms with E-state index in [0.717, 1.165) is 16.8 Å². The number of benzene rings is 1. The summed E-state index contributed by atoms with van der Waals surface area (Å²) in [5.74, 6) is -0.468. The van der Waals surface area contributed by atoms with E-state index in [1.165, 1.54) is 31.3 Å². The molecule has 2 rings (SSSR count). The molecule has 0 spiro atoms. The van der Waals surface area contributed by atoms with Gasteiger partial charge in [-0.3, -0.25) is 9.48 Å². The van der Waals surface area contributed by atoms with Crippen molar-refractivity contribution in [1.29, 1.82) is 0 Å². The number of hydrogen-bond donors (Lipinski definition) is 0. The first-order valence-electron chi connectivity index (χ1n) is 5.98. The summed E-state index contributed by atoms with van der Waals surface area (Å²) in [5, 5.41) is 3.58. The molecule has 2 aromatic rings. The Labute approximate surface area is 133 Å². The second-order valence-electron chi connectivity index (χ2n) is 4.38. The zero-order valence-corrected chi connectivity index (χ0v) is 12.7. The molecule has 22 heavy (non-hydrogen) atoms. The molecule has 0 bridgehead atoms. The van der Waals surface area contributed by atoms with Crippen molar-refractivity contribution < 1.29 is 18.0 Å². The van der Waals surface area contributed by atoms with Crippen LogP contribution in [-0.2, 0) is 13.2 Å². The van der Waals surface area contributed by atoms with Gasteiger partial charge >= 0.3 is 6.18 Å². The lowest BCUT2D eigenvalue weighted by molar-refractivity contribution is -0.141. The largest absolute Gasteiger partial charge is 0.435 e. The van der Waals surface area contributed by atoms with Crippen molar-refractivity contribution in [2.45, 2.75) is 6.18 Å². The van der Waals surface area contributed by atoms with Crippen LogP contribution in [0.1, 0.15) is 21.6 Å². The highest BCUT2D eigenvalue weighted by atomic mass is 35.5. The van der Waals surface area contributed by atoms with Crippen LogP contribution in [0.4, 0.5) is 13.2 Å². The average Bonchev–Trinajstić information content (AvgIpc) is 2.73. The summed E-state index contributed by atoms with van der Waals surface area (Å²) in [6, 6.07) is 5.98. The Morgan fingerprint density at radius 3 is 2.36 bits per heavy atom. The Bertz CT molecular complexity index is 734. The number of aromatic nitrogens is 2. The third-order valence-corrected chi connectivity index (χ3v) is 3.51. The normalized spacial score (nSPS) is 12.1. The number of nitrogens with zero attached hydrogens (tertiary/aromatic N) is 2. The van der Waals surface area contributed by atoms with Gasteiger partial charge < -0.3 is 0 Å². The third kappa shape index (κ3) is 3.51. The molecule has 0 radical (unpaired) electrons. The topological polar surface area (TPSA) is 34.9 Å². The smallest absolute Gasteiger partial charge is 0.289 e. The summed E-state index contributed by atoms with van der Waals surface area (Å²) in [7, 11) is 1.29. The SMILES string of the molecule is Cn1nc(C(F)(F)F)c(C=CC(=O)c2ccc(Cl)cc2)c1Cl. The third-order valence-electron chi connectivity index (χ3n) is 2.81. The van der Waals surface area contributed by atoms with Crippen LogP contribution in [0, 0.1) is 0 Å². The summed E-state index contributed by atoms with van der Waals surface area (Å²) in [6.07, 6.45) is -2.63. The van der Waals surface area contributed by atoms with Gasteiger partial charge in [0.05, 0.1) is 0 Å². The minimum absolute atomic E-state index is 0.201. The van der Waals surface area contributed by atoms with Crippen molar-refractivity contribution in [1.82, 2.24) is 9.78 Å². The van der Waals surface area contributed by atoms with Gasteiger partial charge in [-0.05, 0) is 36.4 Å². The van der Waals surface area contributed by atoms with Crippen molar-refractivity contribution >= 4 is 35.1 Å². The highest BCUT2D eigenvalue weighted by molar-refractivity contribution is 6.31. The molecule has 0 aliphatic rings. The van der Waals surface area contributed by atoms with Crippen LogP contribution in [0.5, 0.6) is 0 Å². The van der Waals surface area contributed by atoms with E-state index >= 15 is 0 Å². The second kappa shape index (κ2) is 6.14. The molecule has 0 saturated heterocycles. The number of carbonyl (C=O) groups is 1. The maximum Gasteiger partial charge on any atom is 0.435 e. The fourth-order valence-corrected chi connectivity index (χ4v) is 2.06. The molecule has 0 atom stereocenters. The summed E-state index contributed by atoms with van der Waals surface area (Å²) < 4.78 is 39.5. The standard InChI is InChI=1S/C14H9Cl2F3N2O/c1-21-13(16)10(12(20-21)14(17,18)19)6-7-11(22)8-2-4-9(15)5-3-8/h2-7H,1H3. The first kappa shape index (κ1) is 16.6. The summed E-state index contributed by atoms with van der Waals surface area (Å²) in [4.78, 5) is 11.9. The molecular formula is C14H9Cl2F3N2O. The fourth-order valence-electron chi connectivity index (χ4n) is 1.75. The molecule has 0 saturated carbocycles. The molecule has 3 nitrogen and oxygen atoms in total. The van der Waals surface area contributed by atoms with E-state index in [1.54, 1.807) is 0 Å². The van der Waals surface area contributed by atoms with Gasteiger partial charge in [-0.2, -0.15) is 18.3 Å². The Morgan fingerprint density at radius 1 is 1.23 bits per heavy atom. The number of aryl methyl sites for hydroxylation is 1. The van der Waals surface area contributed by atoms with Crippen molar-refractivity contribution in [2.24, 2.45) is 7.05 Å². The van der Waals surface area contributed by atoms with E-state index in [4.69, 9.17) is 23.2 Å². The van der Waals surface area contributed by atoms with Gasteiger partial charge in [0.2, 0.25) is 0 Å². The molecule has 0 amide bonds. The van der Waals surface area contributed by atoms with Gasteiger partial charge in [0.1, 0.15) is 5.15 Å². The summed E-state index contributed by atoms with van der Waals surface area (Å²) >= 11 is 11.5. The first-order chi connectivity index (χ1) is 10.2. The Balaban J connectivity index is 2.34. The average molecular weight is 349 g/mol. The lowest BCUT2D eigenvalue weighted by Crippen LogP contribution is -2.08. The number of alkyl halides is 3. The number of allylic oxidation sites excluding steroid dienone is 1. The van der Waals surface area contributed by atoms with E-state index < -0.39 is 17.7 Å². The number of halogens is 5. The van der Waals surface area contributed by atoms with Crippen LogP contribution in [0.2, 0.25) is 10.2 Å². The fraction of sp³-hybridized carbons (Fsp3) is 0.143. The second-order valence-corrected chi connectivity index (χ2v) is 5.17. The highest BCUT2D eigenvalue weighted by Gasteiger charge is 2.37. The molecule has 8 heteroatoms. The Kier molecular flexibility index (Phi) is 4.63. The highest BCUT2D eigenvalue weighted by Crippen LogP contribution is 2.34. The minimum Gasteiger partial charge on any atom is -0.289 e. The van der Waals surface area contributed by atoms with Crippen LogP contribution < -0.4 is 0 Å². The van der Waals surface area contributed by atoms with Crippen LogP contribution in [0.25, 0.3) is 6.08 Å². The lowest BCUT2D eigenvalue weighted by Gasteiger charge is -2.03. The molecule has 0 N–H and O–H groups in total. The lowest BCUT2D eigenvalue weighted by atomic mass is 10.1. The number of carbonyl (C=O) groups excluding carboxylic acids is 1. The predicted molar refractivity (Wildman–Crippen MR) is 78.0 cm³/mol. The minimum atomic E-state index is -4.66. The van der Waals surface area contributed by atoms with Crippen LogP contribution in [-0.4, -0.2) is 15.6 Å².